The van der Waals surface area contributed by atoms with Crippen LogP contribution in [0.5, 0.6) is 0 Å². The van der Waals surface area contributed by atoms with Crippen molar-refractivity contribution >= 4 is 11.9 Å². The number of nitrogens with zero attached hydrogens (tertiary/aromatic N) is 2. The third kappa shape index (κ3) is 25.6. The fourth-order valence-corrected chi connectivity index (χ4v) is 5.08. The summed E-state index contributed by atoms with van der Waals surface area (Å²) in [7, 11) is 4.09. The topological polar surface area (TPSA) is 70.1 Å². The molecule has 236 valence electrons. The van der Waals surface area contributed by atoms with Gasteiger partial charge in [-0.1, -0.05) is 116 Å². The molecule has 0 rings (SSSR count). The average Bonchev–Trinajstić information content (AvgIpc) is 2.91. The Morgan fingerprint density at radius 1 is 0.675 bits per heavy atom. The zero-order chi connectivity index (χ0) is 29.7. The smallest absolute Gasteiger partial charge is 0.303 e. The highest BCUT2D eigenvalue weighted by atomic mass is 16.7. The van der Waals surface area contributed by atoms with Crippen LogP contribution in [0.4, 0.5) is 0 Å². The number of carboxylic acid groups (broad SMARTS) is 1. The SMILES string of the molecule is CCCCCC/C=C\CCON(C(=O)CCCN(C)C)C(CCCCCCCCCC)CCCCCCC(=O)O. The molecule has 1 N–H and O–H groups in total. The number of carbonyl (C=O) groups is 2. The Bertz CT molecular complexity index is 609. The highest BCUT2D eigenvalue weighted by Gasteiger charge is 2.24. The van der Waals surface area contributed by atoms with Crippen LogP contribution in [0.25, 0.3) is 0 Å². The van der Waals surface area contributed by atoms with Gasteiger partial charge in [0.25, 0.3) is 0 Å². The van der Waals surface area contributed by atoms with Crippen LogP contribution in [0.2, 0.25) is 0 Å². The molecule has 1 unspecified atom stereocenters. The van der Waals surface area contributed by atoms with Crippen molar-refractivity contribution in [1.82, 2.24) is 9.96 Å². The van der Waals surface area contributed by atoms with Crippen LogP contribution in [-0.4, -0.2) is 60.2 Å². The quantitative estimate of drug-likeness (QED) is 0.0533. The molecule has 0 fully saturated rings. The highest BCUT2D eigenvalue weighted by Crippen LogP contribution is 2.21. The van der Waals surface area contributed by atoms with E-state index in [0.29, 0.717) is 13.0 Å². The molecule has 40 heavy (non-hydrogen) atoms. The van der Waals surface area contributed by atoms with Crippen LogP contribution in [0.1, 0.15) is 162 Å². The van der Waals surface area contributed by atoms with Gasteiger partial charge < -0.3 is 10.0 Å². The lowest BCUT2D eigenvalue weighted by atomic mass is 9.99. The van der Waals surface area contributed by atoms with Crippen molar-refractivity contribution in [3.8, 4) is 0 Å². The molecular formula is C34H66N2O4. The Labute approximate surface area is 248 Å². The molecule has 0 bridgehead atoms. The molecule has 0 spiro atoms. The minimum atomic E-state index is -0.717. The number of rotatable bonds is 30. The van der Waals surface area contributed by atoms with E-state index < -0.39 is 5.97 Å². The molecule has 6 nitrogen and oxygen atoms in total. The Morgan fingerprint density at radius 3 is 1.77 bits per heavy atom. The van der Waals surface area contributed by atoms with Crippen LogP contribution in [-0.2, 0) is 14.4 Å². The van der Waals surface area contributed by atoms with Crippen LogP contribution < -0.4 is 0 Å². The van der Waals surface area contributed by atoms with Crippen molar-refractivity contribution < 1.29 is 19.5 Å². The molecule has 0 radical (unpaired) electrons. The van der Waals surface area contributed by atoms with Gasteiger partial charge in [-0.2, -0.15) is 0 Å². The Morgan fingerprint density at radius 2 is 1.20 bits per heavy atom. The molecule has 0 saturated carbocycles. The lowest BCUT2D eigenvalue weighted by Gasteiger charge is -2.31. The lowest BCUT2D eigenvalue weighted by Crippen LogP contribution is -2.41. The summed E-state index contributed by atoms with van der Waals surface area (Å²) >= 11 is 0. The summed E-state index contributed by atoms with van der Waals surface area (Å²) in [5, 5.41) is 10.7. The summed E-state index contributed by atoms with van der Waals surface area (Å²) in [5.74, 6) is -0.605. The van der Waals surface area contributed by atoms with Crippen molar-refractivity contribution in [3.63, 3.8) is 0 Å². The maximum atomic E-state index is 13.4. The second-order valence-electron chi connectivity index (χ2n) is 11.8. The monoisotopic (exact) mass is 567 g/mol. The molecule has 1 amide bonds. The minimum Gasteiger partial charge on any atom is -0.481 e. The molecule has 1 atom stereocenters. The normalized spacial score (nSPS) is 12.4. The molecule has 0 aromatic carbocycles. The first-order valence-electron chi connectivity index (χ1n) is 16.9. The van der Waals surface area contributed by atoms with E-state index in [4.69, 9.17) is 9.94 Å². The molecule has 0 saturated heterocycles. The highest BCUT2D eigenvalue weighted by molar-refractivity contribution is 5.75. The zero-order valence-corrected chi connectivity index (χ0v) is 27.0. The van der Waals surface area contributed by atoms with Crippen LogP contribution in [0.15, 0.2) is 12.2 Å². The molecule has 0 aliphatic rings. The second-order valence-corrected chi connectivity index (χ2v) is 11.8. The first-order valence-corrected chi connectivity index (χ1v) is 16.9. The summed E-state index contributed by atoms with van der Waals surface area (Å²) in [4.78, 5) is 32.6. The number of amides is 1. The molecule has 6 heteroatoms. The Balaban J connectivity index is 4.99. The van der Waals surface area contributed by atoms with Gasteiger partial charge in [0.2, 0.25) is 5.91 Å². The van der Waals surface area contributed by atoms with E-state index in [0.717, 1.165) is 70.8 Å². The maximum Gasteiger partial charge on any atom is 0.303 e. The van der Waals surface area contributed by atoms with Crippen LogP contribution >= 0.6 is 0 Å². The standard InChI is InChI=1S/C34H66N2O4/c1-5-7-9-11-13-15-17-21-26-32(27-22-18-19-23-29-34(38)39)36(33(37)28-25-30-35(3)4)40-31-24-20-16-14-12-10-8-6-2/h16,20,32H,5-15,17-19,21-31H2,1-4H3,(H,38,39)/b20-16-. The van der Waals surface area contributed by atoms with E-state index in [-0.39, 0.29) is 18.4 Å². The van der Waals surface area contributed by atoms with Crippen molar-refractivity contribution in [2.75, 3.05) is 27.2 Å². The number of hydrogen-bond donors (Lipinski definition) is 1. The predicted octanol–water partition coefficient (Wildman–Crippen LogP) is 9.33. The molecule has 0 aromatic rings. The molecule has 0 aromatic heterocycles. The van der Waals surface area contributed by atoms with Gasteiger partial charge in [-0.05, 0) is 65.6 Å². The summed E-state index contributed by atoms with van der Waals surface area (Å²) < 4.78 is 0. The van der Waals surface area contributed by atoms with Gasteiger partial charge in [0.05, 0.1) is 12.6 Å². The maximum absolute atomic E-state index is 13.4. The Hall–Kier alpha value is -1.40. The first-order chi connectivity index (χ1) is 19.4. The number of carbonyl (C=O) groups excluding carboxylic acids is 1. The Kier molecular flexibility index (Phi) is 28.1. The van der Waals surface area contributed by atoms with Crippen molar-refractivity contribution in [3.05, 3.63) is 12.2 Å². The van der Waals surface area contributed by atoms with Crippen molar-refractivity contribution in [2.45, 2.75) is 168 Å². The van der Waals surface area contributed by atoms with Gasteiger partial charge in [0, 0.05) is 12.8 Å². The third-order valence-corrected chi connectivity index (χ3v) is 7.55. The van der Waals surface area contributed by atoms with Gasteiger partial charge in [0.1, 0.15) is 0 Å². The largest absolute Gasteiger partial charge is 0.481 e. The predicted molar refractivity (Wildman–Crippen MR) is 169 cm³/mol. The summed E-state index contributed by atoms with van der Waals surface area (Å²) in [5.41, 5.74) is 0. The fourth-order valence-electron chi connectivity index (χ4n) is 5.08. The van der Waals surface area contributed by atoms with Crippen molar-refractivity contribution in [1.29, 1.82) is 0 Å². The molecule has 0 aliphatic heterocycles. The lowest BCUT2D eigenvalue weighted by molar-refractivity contribution is -0.202. The van der Waals surface area contributed by atoms with Gasteiger partial charge in [-0.15, -0.1) is 0 Å². The number of hydroxylamine groups is 2. The molecule has 0 heterocycles. The van der Waals surface area contributed by atoms with E-state index in [2.05, 4.69) is 30.9 Å². The fraction of sp³-hybridized carbons (Fsp3) is 0.882. The zero-order valence-electron chi connectivity index (χ0n) is 27.0. The number of carboxylic acids is 1. The van der Waals surface area contributed by atoms with E-state index >= 15 is 0 Å². The summed E-state index contributed by atoms with van der Waals surface area (Å²) in [6, 6.07) is 0.101. The average molecular weight is 567 g/mol. The van der Waals surface area contributed by atoms with Crippen molar-refractivity contribution in [2.24, 2.45) is 0 Å². The van der Waals surface area contributed by atoms with E-state index in [1.165, 1.54) is 70.6 Å². The second kappa shape index (κ2) is 29.1. The summed E-state index contributed by atoms with van der Waals surface area (Å²) in [6.07, 6.45) is 28.9. The van der Waals surface area contributed by atoms with Gasteiger partial charge in [-0.25, -0.2) is 5.06 Å². The van der Waals surface area contributed by atoms with E-state index in [9.17, 15) is 9.59 Å². The molecule has 0 aliphatic carbocycles. The summed E-state index contributed by atoms with van der Waals surface area (Å²) in [6.45, 7) is 5.93. The minimum absolute atomic E-state index is 0.101. The number of unbranched alkanes of at least 4 members (excludes halogenated alkanes) is 14. The van der Waals surface area contributed by atoms with Crippen LogP contribution in [0.3, 0.4) is 0 Å². The molecular weight excluding hydrogens is 500 g/mol. The van der Waals surface area contributed by atoms with Gasteiger partial charge in [0.15, 0.2) is 0 Å². The van der Waals surface area contributed by atoms with E-state index in [1.807, 2.05) is 14.1 Å². The third-order valence-electron chi connectivity index (χ3n) is 7.55. The van der Waals surface area contributed by atoms with Gasteiger partial charge in [-0.3, -0.25) is 14.4 Å². The number of hydrogen-bond acceptors (Lipinski definition) is 4. The number of aliphatic carboxylic acids is 1. The van der Waals surface area contributed by atoms with Gasteiger partial charge >= 0.3 is 5.97 Å². The van der Waals surface area contributed by atoms with E-state index in [1.54, 1.807) is 5.06 Å². The number of allylic oxidation sites excluding steroid dienone is 1. The van der Waals surface area contributed by atoms with Crippen LogP contribution in [0, 0.1) is 0 Å². The first kappa shape index (κ1) is 38.6.